The number of hydrogen-bond donors (Lipinski definition) is 0. The van der Waals surface area contributed by atoms with E-state index in [0.717, 1.165) is 0 Å². The zero-order chi connectivity index (χ0) is 65.0. The van der Waals surface area contributed by atoms with Crippen LogP contribution in [0.25, 0.3) is 0 Å². The molecule has 6 heterocycles. The van der Waals surface area contributed by atoms with E-state index in [2.05, 4.69) is 69.1 Å². The Bertz CT molecular complexity index is 2290. The van der Waals surface area contributed by atoms with Gasteiger partial charge in [0.1, 0.15) is 59.5 Å². The fourth-order valence-corrected chi connectivity index (χ4v) is 8.09. The van der Waals surface area contributed by atoms with Crippen molar-refractivity contribution in [1.82, 2.24) is 0 Å². The molecule has 0 N–H and O–H groups in total. The van der Waals surface area contributed by atoms with Gasteiger partial charge < -0.3 is 42.6 Å². The molecule has 6 rings (SSSR count). The van der Waals surface area contributed by atoms with Gasteiger partial charge in [0.15, 0.2) is 49.8 Å². The summed E-state index contributed by atoms with van der Waals surface area (Å²) in [6, 6.07) is 0. The van der Waals surface area contributed by atoms with E-state index in [1.165, 1.54) is 7.11 Å². The van der Waals surface area contributed by atoms with Crippen molar-refractivity contribution in [2.45, 2.75) is 81.5 Å². The molecular formula is C38H53F9O33S6. The molecule has 0 saturated carbocycles. The second-order valence-electron chi connectivity index (χ2n) is 15.2. The molecule has 12 unspecified atom stereocenters. The molecule has 6 aliphatic heterocycles. The molecule has 6 fully saturated rings. The molecule has 6 saturated heterocycles. The van der Waals surface area contributed by atoms with Crippen molar-refractivity contribution in [3.63, 3.8) is 0 Å². The summed E-state index contributed by atoms with van der Waals surface area (Å²) in [5.41, 5.74) is 0. The number of ether oxygens (including phenoxy) is 9. The summed E-state index contributed by atoms with van der Waals surface area (Å²) >= 11 is -11.6. The summed E-state index contributed by atoms with van der Waals surface area (Å²) in [5, 5.41) is 0. The van der Waals surface area contributed by atoms with Gasteiger partial charge in [-0.3, -0.25) is 50.2 Å². The third-order valence-corrected chi connectivity index (χ3v) is 12.6. The maximum Gasteiger partial charge on any atom is 0.422 e. The number of alkyl halides is 7. The van der Waals surface area contributed by atoms with E-state index in [0.29, 0.717) is 32.3 Å². The highest BCUT2D eigenvalue weighted by molar-refractivity contribution is 7.76. The minimum Gasteiger partial charge on any atom is -0.464 e. The number of carbonyl (C=O) groups excluding carboxylic acids is 6. The lowest BCUT2D eigenvalue weighted by atomic mass is 10.3. The Morgan fingerprint density at radius 3 is 1.03 bits per heavy atom. The monoisotopic (exact) mass is 1400 g/mol. The largest absolute Gasteiger partial charge is 0.464 e. The summed E-state index contributed by atoms with van der Waals surface area (Å²) in [4.78, 5) is 66.1. The molecule has 0 aliphatic carbocycles. The van der Waals surface area contributed by atoms with E-state index in [1.807, 2.05) is 13.8 Å². The third-order valence-electron chi connectivity index (χ3n) is 8.25. The lowest BCUT2D eigenvalue weighted by molar-refractivity contribution is -0.190. The van der Waals surface area contributed by atoms with E-state index in [-0.39, 0.29) is 59.0 Å². The topological polar surface area (TPSA) is 399 Å². The van der Waals surface area contributed by atoms with Gasteiger partial charge in [-0.05, 0) is 13.8 Å². The summed E-state index contributed by atoms with van der Waals surface area (Å²) in [7, 11) is 3.07. The minimum atomic E-state index is -4.59. The fraction of sp³-hybridized carbons (Fsp3) is 0.789. The van der Waals surface area contributed by atoms with Crippen LogP contribution in [0.5, 0.6) is 0 Å². The number of esters is 6. The van der Waals surface area contributed by atoms with E-state index >= 15 is 0 Å². The van der Waals surface area contributed by atoms with Gasteiger partial charge in [0.05, 0.1) is 25.9 Å². The minimum absolute atomic E-state index is 0.0181. The van der Waals surface area contributed by atoms with Crippen LogP contribution in [0.1, 0.15) is 20.3 Å². The molecule has 86 heavy (non-hydrogen) atoms. The van der Waals surface area contributed by atoms with E-state index in [1.54, 1.807) is 7.11 Å². The quantitative estimate of drug-likeness (QED) is 0.0538. The Labute approximate surface area is 495 Å². The fourth-order valence-electron chi connectivity index (χ4n) is 4.41. The first kappa shape index (κ1) is 80.2. The van der Waals surface area contributed by atoms with Crippen molar-refractivity contribution in [2.75, 3.05) is 113 Å². The Morgan fingerprint density at radius 2 is 0.756 bits per heavy atom. The third kappa shape index (κ3) is 37.3. The standard InChI is InChI=1S/C8H14O6S.C7H12O6S.C6H6F4O5S.C6H6F2O5S.C6H10O6S.C5H5F3O5S/c1-6(2)11-3-4-12-8(9)7-5-13-15(10)14-7;1-10-3-2-4-11-7(8)6-5-12-14(9)13-6;7-5(8)6(9,10)2-13-4(11)3-1-14-16(12)15-3;7-5(8)1-2-11-6(9)4-3-12-14(10)13-4;1-9-2-3-10-6(7)5-4-11-13(8)12-5;6-5(7,8)2-11-4(9)3-1-12-14(10)13-3/h6-7H,3-5H2,1-2H3;6H,2-5H2,1H3;3,5H,1-2H2;1,4H,2-3H2;5H,2-4H2,1H3;3H,1-2H2. The first-order valence-corrected chi connectivity index (χ1v) is 29.0. The van der Waals surface area contributed by atoms with Crippen LogP contribution in [0, 0.1) is 0 Å². The first-order valence-electron chi connectivity index (χ1n) is 23.0. The SMILES string of the molecule is CC(C)OCCOC(=O)C1COS(=O)O1.COCCCOC(=O)C1COS(=O)O1.COCCOC(=O)C1COS(=O)O1.O=C(OCC(F)(F)C(F)F)C1COS(=O)O1.O=C(OCC(F)(F)F)C1COS(=O)O1.O=C(OCC=C(F)F)C1COS(=O)O1. The maximum absolute atomic E-state index is 12.3. The van der Waals surface area contributed by atoms with Crippen LogP contribution < -0.4 is 0 Å². The normalized spacial score (nSPS) is 26.5. The number of carbonyl (C=O) groups is 6. The van der Waals surface area contributed by atoms with Crippen LogP contribution in [0.15, 0.2) is 12.2 Å². The summed E-state index contributed by atoms with van der Waals surface area (Å²) in [6.07, 6.45) is -15.8. The van der Waals surface area contributed by atoms with Crippen molar-refractivity contribution in [2.24, 2.45) is 0 Å². The Balaban J connectivity index is 0.000000517. The molecule has 0 aromatic carbocycles. The molecule has 0 spiro atoms. The van der Waals surface area contributed by atoms with Crippen LogP contribution >= 0.6 is 0 Å². The molecule has 0 aromatic rings. The number of hydrogen-bond acceptors (Lipinski definition) is 33. The second kappa shape index (κ2) is 43.8. The Kier molecular flexibility index (Phi) is 40.9. The Morgan fingerprint density at radius 1 is 0.453 bits per heavy atom. The maximum atomic E-state index is 12.3. The molecule has 6 aliphatic rings. The van der Waals surface area contributed by atoms with Crippen molar-refractivity contribution in [3.05, 3.63) is 12.2 Å². The molecule has 33 nitrogen and oxygen atoms in total. The van der Waals surface area contributed by atoms with Gasteiger partial charge in [0.25, 0.3) is 6.08 Å². The number of halogens is 9. The van der Waals surface area contributed by atoms with Crippen LogP contribution in [-0.2, 0) is 190 Å². The predicted octanol–water partition coefficient (Wildman–Crippen LogP) is -0.507. The van der Waals surface area contributed by atoms with Gasteiger partial charge in [0, 0.05) is 33.3 Å². The highest BCUT2D eigenvalue weighted by atomic mass is 32.2. The van der Waals surface area contributed by atoms with Crippen molar-refractivity contribution in [1.29, 1.82) is 0 Å². The number of rotatable bonds is 23. The summed E-state index contributed by atoms with van der Waals surface area (Å²) in [5.74, 6) is -9.58. The Hall–Kier alpha value is -3.77. The van der Waals surface area contributed by atoms with Crippen molar-refractivity contribution in [3.8, 4) is 0 Å². The van der Waals surface area contributed by atoms with E-state index < -0.39 is 192 Å². The summed E-state index contributed by atoms with van der Waals surface area (Å²) in [6.45, 7) is 0.431. The highest BCUT2D eigenvalue weighted by Gasteiger charge is 2.44. The van der Waals surface area contributed by atoms with Crippen LogP contribution in [0.2, 0.25) is 0 Å². The van der Waals surface area contributed by atoms with Gasteiger partial charge in [-0.15, -0.1) is 0 Å². The average Bonchev–Trinajstić information content (AvgIpc) is 4.53. The zero-order valence-corrected chi connectivity index (χ0v) is 49.2. The smallest absolute Gasteiger partial charge is 0.422 e. The van der Waals surface area contributed by atoms with Crippen LogP contribution in [0.3, 0.4) is 0 Å². The highest BCUT2D eigenvalue weighted by Crippen LogP contribution is 2.24. The molecule has 0 amide bonds. The average molecular weight is 1400 g/mol. The second-order valence-corrected chi connectivity index (χ2v) is 20.2. The molecule has 0 aromatic heterocycles. The number of methoxy groups -OCH3 is 2. The molecule has 12 atom stereocenters. The molecule has 0 bridgehead atoms. The molecular weight excluding hydrogens is 1350 g/mol. The molecule has 502 valence electrons. The van der Waals surface area contributed by atoms with Crippen LogP contribution in [-0.4, -0.2) is 236 Å². The van der Waals surface area contributed by atoms with Gasteiger partial charge in [0.2, 0.25) is 0 Å². The lowest BCUT2D eigenvalue weighted by Crippen LogP contribution is -2.36. The van der Waals surface area contributed by atoms with Crippen LogP contribution in [0.4, 0.5) is 39.5 Å². The van der Waals surface area contributed by atoms with Gasteiger partial charge in [-0.2, -0.15) is 56.0 Å². The predicted molar refractivity (Wildman–Crippen MR) is 256 cm³/mol. The van der Waals surface area contributed by atoms with Gasteiger partial charge in [-0.25, -0.2) is 37.5 Å². The lowest BCUT2D eigenvalue weighted by Gasteiger charge is -2.15. The molecule has 0 radical (unpaired) electrons. The van der Waals surface area contributed by atoms with E-state index in [9.17, 15) is 93.5 Å². The van der Waals surface area contributed by atoms with E-state index in [4.69, 9.17) is 23.7 Å². The first-order chi connectivity index (χ1) is 40.4. The zero-order valence-electron chi connectivity index (χ0n) is 44.3. The van der Waals surface area contributed by atoms with Crippen molar-refractivity contribution < 1.29 is 186 Å². The molecule has 48 heteroatoms. The van der Waals surface area contributed by atoms with Gasteiger partial charge in [-0.1, -0.05) is 0 Å². The van der Waals surface area contributed by atoms with Gasteiger partial charge >= 0.3 is 123 Å². The van der Waals surface area contributed by atoms with Crippen molar-refractivity contribution >= 4 is 104 Å². The summed E-state index contributed by atoms with van der Waals surface area (Å²) < 4.78 is 263.